The van der Waals surface area contributed by atoms with Crippen LogP contribution in [0.3, 0.4) is 0 Å². The normalized spacial score (nSPS) is 17.4. The molecule has 1 unspecified atom stereocenters. The molecular formula is C23H31N3O3. The van der Waals surface area contributed by atoms with Crippen LogP contribution >= 0.6 is 0 Å². The minimum absolute atomic E-state index is 0.127. The summed E-state index contributed by atoms with van der Waals surface area (Å²) in [6, 6.07) is 17.0. The SMILES string of the molecule is CC(C)CN1CCN(C(=O)Nc2ccccc2Oc2ccccc2)CC1CCO. The van der Waals surface area contributed by atoms with E-state index in [9.17, 15) is 9.90 Å². The number of ether oxygens (including phenoxy) is 1. The Balaban J connectivity index is 1.66. The number of aliphatic hydroxyl groups excluding tert-OH is 1. The fourth-order valence-corrected chi connectivity index (χ4v) is 3.68. The Labute approximate surface area is 173 Å². The molecule has 0 spiro atoms. The number of hydrogen-bond donors (Lipinski definition) is 2. The van der Waals surface area contributed by atoms with Gasteiger partial charge < -0.3 is 20.1 Å². The number of carbonyl (C=O) groups is 1. The van der Waals surface area contributed by atoms with Gasteiger partial charge in [-0.2, -0.15) is 0 Å². The fourth-order valence-electron chi connectivity index (χ4n) is 3.68. The number of nitrogens with one attached hydrogen (secondary N) is 1. The van der Waals surface area contributed by atoms with Crippen LogP contribution in [0.4, 0.5) is 10.5 Å². The molecule has 0 aliphatic carbocycles. The lowest BCUT2D eigenvalue weighted by atomic mass is 10.1. The summed E-state index contributed by atoms with van der Waals surface area (Å²) in [4.78, 5) is 17.1. The maximum Gasteiger partial charge on any atom is 0.322 e. The quantitative estimate of drug-likeness (QED) is 0.740. The lowest BCUT2D eigenvalue weighted by Gasteiger charge is -2.42. The fraction of sp³-hybridized carbons (Fsp3) is 0.435. The van der Waals surface area contributed by atoms with Crippen LogP contribution in [0.5, 0.6) is 11.5 Å². The number of anilines is 1. The molecule has 0 bridgehead atoms. The zero-order valence-corrected chi connectivity index (χ0v) is 17.3. The highest BCUT2D eigenvalue weighted by Crippen LogP contribution is 2.29. The molecular weight excluding hydrogens is 366 g/mol. The van der Waals surface area contributed by atoms with Crippen LogP contribution < -0.4 is 10.1 Å². The van der Waals surface area contributed by atoms with E-state index in [1.165, 1.54) is 0 Å². The molecule has 1 aliphatic rings. The predicted molar refractivity (Wildman–Crippen MR) is 115 cm³/mol. The van der Waals surface area contributed by atoms with Crippen LogP contribution in [0.15, 0.2) is 54.6 Å². The maximum atomic E-state index is 12.9. The summed E-state index contributed by atoms with van der Waals surface area (Å²) in [7, 11) is 0. The van der Waals surface area contributed by atoms with Gasteiger partial charge in [-0.3, -0.25) is 4.90 Å². The molecule has 0 saturated carbocycles. The van der Waals surface area contributed by atoms with Gasteiger partial charge in [0, 0.05) is 38.8 Å². The summed E-state index contributed by atoms with van der Waals surface area (Å²) in [5.41, 5.74) is 0.643. The third-order valence-electron chi connectivity index (χ3n) is 5.05. The first-order chi connectivity index (χ1) is 14.1. The van der Waals surface area contributed by atoms with Gasteiger partial charge in [0.15, 0.2) is 5.75 Å². The average Bonchev–Trinajstić information content (AvgIpc) is 2.71. The van der Waals surface area contributed by atoms with E-state index in [-0.39, 0.29) is 18.7 Å². The van der Waals surface area contributed by atoms with Crippen molar-refractivity contribution in [3.63, 3.8) is 0 Å². The highest BCUT2D eigenvalue weighted by molar-refractivity contribution is 5.91. The Morgan fingerprint density at radius 3 is 2.59 bits per heavy atom. The van der Waals surface area contributed by atoms with E-state index in [0.717, 1.165) is 18.8 Å². The Hall–Kier alpha value is -2.57. The number of nitrogens with zero attached hydrogens (tertiary/aromatic N) is 2. The summed E-state index contributed by atoms with van der Waals surface area (Å²) in [6.45, 7) is 7.59. The summed E-state index contributed by atoms with van der Waals surface area (Å²) < 4.78 is 5.94. The van der Waals surface area contributed by atoms with Crippen LogP contribution in [0, 0.1) is 5.92 Å². The monoisotopic (exact) mass is 397 g/mol. The molecule has 6 nitrogen and oxygen atoms in total. The topological polar surface area (TPSA) is 65.0 Å². The minimum atomic E-state index is -0.138. The third kappa shape index (κ3) is 5.95. The van der Waals surface area contributed by atoms with E-state index in [1.54, 1.807) is 0 Å². The van der Waals surface area contributed by atoms with Crippen molar-refractivity contribution in [1.82, 2.24) is 9.80 Å². The van der Waals surface area contributed by atoms with Gasteiger partial charge in [-0.05, 0) is 36.6 Å². The standard InChI is InChI=1S/C23H31N3O3/c1-18(2)16-25-13-14-26(17-19(25)12-15-27)23(28)24-21-10-6-7-11-22(21)29-20-8-4-3-5-9-20/h3-11,18-19,27H,12-17H2,1-2H3,(H,24,28). The van der Waals surface area contributed by atoms with E-state index in [1.807, 2.05) is 59.5 Å². The van der Waals surface area contributed by atoms with Gasteiger partial charge in [0.1, 0.15) is 5.75 Å². The maximum absolute atomic E-state index is 12.9. The van der Waals surface area contributed by atoms with Crippen LogP contribution in [0.25, 0.3) is 0 Å². The first-order valence-corrected chi connectivity index (χ1v) is 10.3. The lowest BCUT2D eigenvalue weighted by molar-refractivity contribution is 0.0689. The molecule has 1 aliphatic heterocycles. The Bertz CT molecular complexity index is 782. The Morgan fingerprint density at radius 1 is 1.14 bits per heavy atom. The summed E-state index contributed by atoms with van der Waals surface area (Å²) in [5.74, 6) is 1.88. The van der Waals surface area contributed by atoms with Crippen molar-refractivity contribution in [3.05, 3.63) is 54.6 Å². The number of benzene rings is 2. The molecule has 1 fully saturated rings. The van der Waals surface area contributed by atoms with E-state index >= 15 is 0 Å². The number of para-hydroxylation sites is 3. The Kier molecular flexibility index (Phi) is 7.49. The third-order valence-corrected chi connectivity index (χ3v) is 5.05. The van der Waals surface area contributed by atoms with E-state index in [2.05, 4.69) is 24.1 Å². The zero-order valence-electron chi connectivity index (χ0n) is 17.3. The van der Waals surface area contributed by atoms with Gasteiger partial charge in [0.25, 0.3) is 0 Å². The first-order valence-electron chi connectivity index (χ1n) is 10.3. The minimum Gasteiger partial charge on any atom is -0.455 e. The summed E-state index contributed by atoms with van der Waals surface area (Å²) >= 11 is 0. The van der Waals surface area contributed by atoms with Gasteiger partial charge >= 0.3 is 6.03 Å². The Morgan fingerprint density at radius 2 is 1.86 bits per heavy atom. The van der Waals surface area contributed by atoms with Crippen molar-refractivity contribution in [2.24, 2.45) is 5.92 Å². The number of amides is 2. The number of piperazine rings is 1. The van der Waals surface area contributed by atoms with Crippen molar-refractivity contribution in [2.75, 3.05) is 38.1 Å². The second-order valence-corrected chi connectivity index (χ2v) is 7.84. The molecule has 0 aromatic heterocycles. The molecule has 1 heterocycles. The first kappa shape index (κ1) is 21.1. The largest absolute Gasteiger partial charge is 0.455 e. The van der Waals surface area contributed by atoms with Gasteiger partial charge in [-0.1, -0.05) is 44.2 Å². The van der Waals surface area contributed by atoms with Gasteiger partial charge in [-0.25, -0.2) is 4.79 Å². The van der Waals surface area contributed by atoms with E-state index < -0.39 is 0 Å². The number of rotatable bonds is 7. The van der Waals surface area contributed by atoms with Crippen LogP contribution in [0.2, 0.25) is 0 Å². The van der Waals surface area contributed by atoms with Gasteiger partial charge in [0.05, 0.1) is 5.69 Å². The van der Waals surface area contributed by atoms with Crippen molar-refractivity contribution >= 4 is 11.7 Å². The number of urea groups is 1. The molecule has 2 amide bonds. The summed E-state index contributed by atoms with van der Waals surface area (Å²) in [5, 5.41) is 12.4. The molecule has 2 aromatic carbocycles. The highest BCUT2D eigenvalue weighted by Gasteiger charge is 2.29. The van der Waals surface area contributed by atoms with Gasteiger partial charge in [-0.15, -0.1) is 0 Å². The molecule has 2 N–H and O–H groups in total. The van der Waals surface area contributed by atoms with Crippen molar-refractivity contribution in [2.45, 2.75) is 26.3 Å². The van der Waals surface area contributed by atoms with E-state index in [4.69, 9.17) is 4.74 Å². The van der Waals surface area contributed by atoms with Crippen molar-refractivity contribution in [3.8, 4) is 11.5 Å². The second kappa shape index (κ2) is 10.3. The lowest BCUT2D eigenvalue weighted by Crippen LogP contribution is -2.56. The van der Waals surface area contributed by atoms with E-state index in [0.29, 0.717) is 36.9 Å². The average molecular weight is 398 g/mol. The number of hydrogen-bond acceptors (Lipinski definition) is 4. The summed E-state index contributed by atoms with van der Waals surface area (Å²) in [6.07, 6.45) is 0.671. The number of carbonyl (C=O) groups excluding carboxylic acids is 1. The van der Waals surface area contributed by atoms with Gasteiger partial charge in [0.2, 0.25) is 0 Å². The molecule has 0 radical (unpaired) electrons. The molecule has 1 atom stereocenters. The molecule has 3 rings (SSSR count). The zero-order chi connectivity index (χ0) is 20.6. The smallest absolute Gasteiger partial charge is 0.322 e. The van der Waals surface area contributed by atoms with Crippen LogP contribution in [-0.4, -0.2) is 59.8 Å². The molecule has 2 aromatic rings. The van der Waals surface area contributed by atoms with Crippen molar-refractivity contribution in [1.29, 1.82) is 0 Å². The number of aliphatic hydroxyl groups is 1. The predicted octanol–water partition coefficient (Wildman–Crippen LogP) is 4.04. The molecule has 29 heavy (non-hydrogen) atoms. The van der Waals surface area contributed by atoms with Crippen LogP contribution in [0.1, 0.15) is 20.3 Å². The molecule has 6 heteroatoms. The van der Waals surface area contributed by atoms with Crippen molar-refractivity contribution < 1.29 is 14.6 Å². The second-order valence-electron chi connectivity index (χ2n) is 7.84. The van der Waals surface area contributed by atoms with Crippen LogP contribution in [-0.2, 0) is 0 Å². The highest BCUT2D eigenvalue weighted by atomic mass is 16.5. The molecule has 1 saturated heterocycles. The molecule has 156 valence electrons.